The van der Waals surface area contributed by atoms with Crippen LogP contribution < -0.4 is 10.9 Å². The number of Topliss-reactive ketones (excluding diaryl/α,β-unsaturated/α-hetero) is 1. The molecule has 0 aromatic carbocycles. The van der Waals surface area contributed by atoms with Crippen molar-refractivity contribution in [2.45, 2.75) is 110 Å². The summed E-state index contributed by atoms with van der Waals surface area (Å²) in [4.78, 5) is 53.0. The molecule has 0 bridgehead atoms. The number of carbonyl (C=O) groups is 3. The average molecular weight is 464 g/mol. The Morgan fingerprint density at radius 1 is 0.848 bits per heavy atom. The van der Waals surface area contributed by atoms with Crippen molar-refractivity contribution in [3.05, 3.63) is 22.1 Å². The minimum atomic E-state index is -1.12. The predicted octanol–water partition coefficient (Wildman–Crippen LogP) is 5.33. The molecule has 186 valence electrons. The van der Waals surface area contributed by atoms with E-state index in [-0.39, 0.29) is 17.5 Å². The van der Waals surface area contributed by atoms with Crippen LogP contribution in [-0.2, 0) is 14.3 Å². The van der Waals surface area contributed by atoms with Crippen molar-refractivity contribution in [2.75, 3.05) is 12.4 Å². The van der Waals surface area contributed by atoms with E-state index >= 15 is 0 Å². The number of ether oxygens (including phenoxy) is 1. The lowest BCUT2D eigenvalue weighted by Crippen LogP contribution is -2.23. The second-order valence-corrected chi connectivity index (χ2v) is 8.55. The third kappa shape index (κ3) is 13.6. The lowest BCUT2D eigenvalue weighted by atomic mass is 10.0. The summed E-state index contributed by atoms with van der Waals surface area (Å²) in [6.07, 6.45) is 19.1. The highest BCUT2D eigenvalue weighted by Crippen LogP contribution is 2.14. The average Bonchev–Trinajstić information content (AvgIpc) is 2.80. The number of esters is 1. The molecule has 2 N–H and O–H groups in total. The monoisotopic (exact) mass is 463 g/mol. The van der Waals surface area contributed by atoms with Gasteiger partial charge in [0.2, 0.25) is 11.9 Å². The van der Waals surface area contributed by atoms with Crippen LogP contribution in [0.5, 0.6) is 0 Å². The summed E-state index contributed by atoms with van der Waals surface area (Å²) in [6, 6.07) is 0.892. The van der Waals surface area contributed by atoms with E-state index in [4.69, 9.17) is 0 Å². The Morgan fingerprint density at radius 2 is 1.33 bits per heavy atom. The van der Waals surface area contributed by atoms with Crippen LogP contribution in [0.1, 0.15) is 120 Å². The molecular formula is C25H41N3O5. The van der Waals surface area contributed by atoms with Crippen LogP contribution in [0.2, 0.25) is 0 Å². The van der Waals surface area contributed by atoms with Gasteiger partial charge in [0.15, 0.2) is 0 Å². The zero-order valence-corrected chi connectivity index (χ0v) is 20.4. The summed E-state index contributed by atoms with van der Waals surface area (Å²) in [5.74, 6) is -2.61. The summed E-state index contributed by atoms with van der Waals surface area (Å²) >= 11 is 0. The SMILES string of the molecule is CCCCCCCCCCCCCCCCCC(=O)Nc1nc(C(=O)C(=O)OC)cc(=O)[nH]1. The van der Waals surface area contributed by atoms with Crippen LogP contribution in [0.3, 0.4) is 0 Å². The molecule has 0 aliphatic carbocycles. The number of unbranched alkanes of at least 4 members (excludes halogenated alkanes) is 14. The second-order valence-electron chi connectivity index (χ2n) is 8.55. The number of amides is 1. The topological polar surface area (TPSA) is 118 Å². The van der Waals surface area contributed by atoms with Gasteiger partial charge in [-0.2, -0.15) is 0 Å². The molecule has 1 heterocycles. The van der Waals surface area contributed by atoms with E-state index in [9.17, 15) is 19.2 Å². The first kappa shape index (κ1) is 28.5. The van der Waals surface area contributed by atoms with E-state index in [1.807, 2.05) is 0 Å². The first-order valence-electron chi connectivity index (χ1n) is 12.5. The third-order valence-electron chi connectivity index (χ3n) is 5.61. The van der Waals surface area contributed by atoms with Crippen LogP contribution >= 0.6 is 0 Å². The number of aromatic amines is 1. The van der Waals surface area contributed by atoms with Crippen LogP contribution in [0.25, 0.3) is 0 Å². The second kappa shape index (κ2) is 18.0. The van der Waals surface area contributed by atoms with Crippen LogP contribution in [-0.4, -0.2) is 34.7 Å². The molecule has 0 saturated carbocycles. The van der Waals surface area contributed by atoms with Gasteiger partial charge in [0.05, 0.1) is 7.11 Å². The Labute approximate surface area is 197 Å². The summed E-state index contributed by atoms with van der Waals surface area (Å²) in [5.41, 5.74) is -1.01. The van der Waals surface area contributed by atoms with Gasteiger partial charge >= 0.3 is 5.97 Å². The number of aromatic nitrogens is 2. The van der Waals surface area contributed by atoms with Gasteiger partial charge in [-0.25, -0.2) is 9.78 Å². The highest BCUT2D eigenvalue weighted by molar-refractivity contribution is 6.40. The van der Waals surface area contributed by atoms with Gasteiger partial charge in [0, 0.05) is 12.5 Å². The molecule has 33 heavy (non-hydrogen) atoms. The number of nitrogens with zero attached hydrogens (tertiary/aromatic N) is 1. The summed E-state index contributed by atoms with van der Waals surface area (Å²) in [5, 5.41) is 2.47. The first-order chi connectivity index (χ1) is 16.0. The molecule has 1 aromatic heterocycles. The van der Waals surface area contributed by atoms with E-state index in [2.05, 4.69) is 26.9 Å². The molecule has 0 spiro atoms. The van der Waals surface area contributed by atoms with Crippen LogP contribution in [0, 0.1) is 0 Å². The van der Waals surface area contributed by atoms with Gasteiger partial charge in [-0.15, -0.1) is 0 Å². The van der Waals surface area contributed by atoms with Gasteiger partial charge < -0.3 is 4.74 Å². The maximum atomic E-state index is 12.1. The molecule has 0 saturated heterocycles. The fraction of sp³-hybridized carbons (Fsp3) is 0.720. The first-order valence-corrected chi connectivity index (χ1v) is 12.5. The van der Waals surface area contributed by atoms with Crippen molar-refractivity contribution in [1.82, 2.24) is 9.97 Å². The molecule has 0 aliphatic heterocycles. The molecular weight excluding hydrogens is 422 g/mol. The minimum absolute atomic E-state index is 0.152. The van der Waals surface area contributed by atoms with Crippen molar-refractivity contribution in [3.8, 4) is 0 Å². The third-order valence-corrected chi connectivity index (χ3v) is 5.61. The molecule has 0 atom stereocenters. The quantitative estimate of drug-likeness (QED) is 0.124. The summed E-state index contributed by atoms with van der Waals surface area (Å²) in [7, 11) is 1.06. The lowest BCUT2D eigenvalue weighted by molar-refractivity contribution is -0.135. The Morgan fingerprint density at radius 3 is 1.82 bits per heavy atom. The van der Waals surface area contributed by atoms with Crippen molar-refractivity contribution < 1.29 is 19.1 Å². The molecule has 0 fully saturated rings. The molecule has 0 unspecified atom stereocenters. The van der Waals surface area contributed by atoms with Gasteiger partial charge in [0.25, 0.3) is 11.3 Å². The van der Waals surface area contributed by atoms with E-state index < -0.39 is 17.3 Å². The molecule has 1 amide bonds. The van der Waals surface area contributed by atoms with E-state index in [0.29, 0.717) is 6.42 Å². The zero-order valence-electron chi connectivity index (χ0n) is 20.4. The fourth-order valence-corrected chi connectivity index (χ4v) is 3.68. The molecule has 8 nitrogen and oxygen atoms in total. The Hall–Kier alpha value is -2.51. The summed E-state index contributed by atoms with van der Waals surface area (Å²) < 4.78 is 4.34. The van der Waals surface area contributed by atoms with Crippen molar-refractivity contribution in [1.29, 1.82) is 0 Å². The molecule has 0 aliphatic rings. The Kier molecular flexibility index (Phi) is 15.5. The van der Waals surface area contributed by atoms with Crippen molar-refractivity contribution in [2.24, 2.45) is 0 Å². The fourth-order valence-electron chi connectivity index (χ4n) is 3.68. The number of carbonyl (C=O) groups excluding carboxylic acids is 3. The smallest absolute Gasteiger partial charge is 0.381 e. The molecule has 1 aromatic rings. The van der Waals surface area contributed by atoms with Gasteiger partial charge in [-0.3, -0.25) is 24.7 Å². The number of H-pyrrole nitrogens is 1. The number of ketones is 1. The standard InChI is InChI=1S/C25H41N3O5/c1-3-4-5-6-7-8-9-10-11-12-13-14-15-16-17-18-21(29)27-25-26-20(19-22(30)28-25)23(31)24(32)33-2/h19H,3-18H2,1-2H3,(H2,26,27,28,29,30). The summed E-state index contributed by atoms with van der Waals surface area (Å²) in [6.45, 7) is 2.25. The number of hydrogen-bond acceptors (Lipinski definition) is 6. The highest BCUT2D eigenvalue weighted by Gasteiger charge is 2.20. The van der Waals surface area contributed by atoms with Gasteiger partial charge in [-0.05, 0) is 6.42 Å². The molecule has 0 radical (unpaired) electrons. The number of hydrogen-bond donors (Lipinski definition) is 2. The Balaban J connectivity index is 2.09. The molecule has 8 heteroatoms. The highest BCUT2D eigenvalue weighted by atomic mass is 16.5. The van der Waals surface area contributed by atoms with Gasteiger partial charge in [0.1, 0.15) is 5.69 Å². The number of nitrogens with one attached hydrogen (secondary N) is 2. The van der Waals surface area contributed by atoms with Gasteiger partial charge in [-0.1, -0.05) is 96.8 Å². The number of methoxy groups -OCH3 is 1. The van der Waals surface area contributed by atoms with Crippen molar-refractivity contribution >= 4 is 23.6 Å². The Bertz CT molecular complexity index is 776. The molecule has 1 rings (SSSR count). The van der Waals surface area contributed by atoms with Crippen LogP contribution in [0.4, 0.5) is 5.95 Å². The minimum Gasteiger partial charge on any atom is -0.463 e. The number of anilines is 1. The normalized spacial score (nSPS) is 10.7. The van der Waals surface area contributed by atoms with E-state index in [1.165, 1.54) is 77.0 Å². The van der Waals surface area contributed by atoms with Crippen molar-refractivity contribution in [3.63, 3.8) is 0 Å². The number of rotatable bonds is 19. The predicted molar refractivity (Wildman–Crippen MR) is 129 cm³/mol. The lowest BCUT2D eigenvalue weighted by Gasteiger charge is -2.06. The van der Waals surface area contributed by atoms with E-state index in [1.54, 1.807) is 0 Å². The van der Waals surface area contributed by atoms with Crippen LogP contribution in [0.15, 0.2) is 10.9 Å². The van der Waals surface area contributed by atoms with E-state index in [0.717, 1.165) is 32.4 Å². The largest absolute Gasteiger partial charge is 0.463 e. The zero-order chi connectivity index (χ0) is 24.3. The maximum absolute atomic E-state index is 12.1. The maximum Gasteiger partial charge on any atom is 0.381 e.